The fourth-order valence-corrected chi connectivity index (χ4v) is 2.61. The van der Waals surface area contributed by atoms with E-state index in [4.69, 9.17) is 0 Å². The maximum Gasteiger partial charge on any atom is 0.253 e. The highest BCUT2D eigenvalue weighted by molar-refractivity contribution is 6.09. The first-order chi connectivity index (χ1) is 8.93. The predicted octanol–water partition coefficient (Wildman–Crippen LogP) is 0.750. The van der Waals surface area contributed by atoms with Crippen molar-refractivity contribution in [2.75, 3.05) is 11.4 Å². The summed E-state index contributed by atoms with van der Waals surface area (Å²) in [5, 5.41) is 7.08. The van der Waals surface area contributed by atoms with Gasteiger partial charge >= 0.3 is 0 Å². The molecule has 0 saturated carbocycles. The number of anilines is 1. The lowest BCUT2D eigenvalue weighted by Gasteiger charge is -2.40. The molecule has 6 heteroatoms. The molecule has 2 rings (SSSR count). The Labute approximate surface area is 112 Å². The van der Waals surface area contributed by atoms with Crippen molar-refractivity contribution in [3.05, 3.63) is 11.9 Å². The van der Waals surface area contributed by atoms with Gasteiger partial charge in [-0.2, -0.15) is 5.10 Å². The minimum absolute atomic E-state index is 0.0480. The normalized spacial score (nSPS) is 18.6. The molecule has 1 aromatic rings. The SMILES string of the molecule is CCC1(CC)NC(=O)CN(c2cn(C)nc2C)C1=O. The largest absolute Gasteiger partial charge is 0.340 e. The minimum atomic E-state index is -0.780. The lowest BCUT2D eigenvalue weighted by atomic mass is 9.88. The summed E-state index contributed by atoms with van der Waals surface area (Å²) >= 11 is 0. The molecule has 2 amide bonds. The summed E-state index contributed by atoms with van der Waals surface area (Å²) in [6.07, 6.45) is 2.95. The van der Waals surface area contributed by atoms with Crippen LogP contribution in [0.3, 0.4) is 0 Å². The molecule has 0 bridgehead atoms. The fourth-order valence-electron chi connectivity index (χ4n) is 2.61. The molecule has 104 valence electrons. The zero-order chi connectivity index (χ0) is 14.2. The van der Waals surface area contributed by atoms with E-state index in [9.17, 15) is 9.59 Å². The summed E-state index contributed by atoms with van der Waals surface area (Å²) in [5.41, 5.74) is 0.692. The summed E-state index contributed by atoms with van der Waals surface area (Å²) in [6, 6.07) is 0. The molecule has 0 aliphatic carbocycles. The lowest BCUT2D eigenvalue weighted by Crippen LogP contribution is -2.66. The van der Waals surface area contributed by atoms with Gasteiger partial charge in [-0.05, 0) is 19.8 Å². The number of aromatic nitrogens is 2. The standard InChI is InChI=1S/C13H20N4O2/c1-5-13(6-2)12(19)17(8-11(18)14-13)10-7-16(4)15-9(10)3/h7H,5-6,8H2,1-4H3,(H,14,18). The molecule has 0 spiro atoms. The van der Waals surface area contributed by atoms with E-state index < -0.39 is 5.54 Å². The molecule has 1 aliphatic heterocycles. The predicted molar refractivity (Wildman–Crippen MR) is 71.8 cm³/mol. The molecular weight excluding hydrogens is 244 g/mol. The number of hydrogen-bond donors (Lipinski definition) is 1. The van der Waals surface area contributed by atoms with E-state index in [1.807, 2.05) is 20.8 Å². The number of piperazine rings is 1. The Morgan fingerprint density at radius 1 is 1.37 bits per heavy atom. The minimum Gasteiger partial charge on any atom is -0.340 e. The molecule has 1 aromatic heterocycles. The van der Waals surface area contributed by atoms with Crippen LogP contribution >= 0.6 is 0 Å². The van der Waals surface area contributed by atoms with Gasteiger partial charge in [0.25, 0.3) is 5.91 Å². The fraction of sp³-hybridized carbons (Fsp3) is 0.615. The molecule has 1 N–H and O–H groups in total. The highest BCUT2D eigenvalue weighted by Crippen LogP contribution is 2.28. The monoisotopic (exact) mass is 264 g/mol. The van der Waals surface area contributed by atoms with Gasteiger partial charge in [0.15, 0.2) is 0 Å². The molecular formula is C13H20N4O2. The van der Waals surface area contributed by atoms with Gasteiger partial charge in [0.05, 0.1) is 11.4 Å². The van der Waals surface area contributed by atoms with Crippen LogP contribution in [0.25, 0.3) is 0 Å². The van der Waals surface area contributed by atoms with Crippen molar-refractivity contribution in [1.82, 2.24) is 15.1 Å². The number of nitrogens with zero attached hydrogens (tertiary/aromatic N) is 3. The van der Waals surface area contributed by atoms with E-state index in [2.05, 4.69) is 10.4 Å². The molecule has 0 aromatic carbocycles. The zero-order valence-electron chi connectivity index (χ0n) is 11.9. The van der Waals surface area contributed by atoms with Crippen molar-refractivity contribution in [2.24, 2.45) is 7.05 Å². The topological polar surface area (TPSA) is 67.2 Å². The first kappa shape index (κ1) is 13.6. The second kappa shape index (κ2) is 4.68. The van der Waals surface area contributed by atoms with Crippen molar-refractivity contribution < 1.29 is 9.59 Å². The van der Waals surface area contributed by atoms with E-state index in [0.29, 0.717) is 18.5 Å². The third-order valence-corrected chi connectivity index (χ3v) is 3.82. The average molecular weight is 264 g/mol. The highest BCUT2D eigenvalue weighted by Gasteiger charge is 2.45. The number of carbonyl (C=O) groups is 2. The quantitative estimate of drug-likeness (QED) is 0.876. The number of amides is 2. The van der Waals surface area contributed by atoms with Crippen LogP contribution in [0, 0.1) is 6.92 Å². The number of nitrogens with one attached hydrogen (secondary N) is 1. The molecule has 0 radical (unpaired) electrons. The Bertz CT molecular complexity index is 517. The number of aryl methyl sites for hydroxylation is 2. The van der Waals surface area contributed by atoms with Crippen molar-refractivity contribution >= 4 is 17.5 Å². The Balaban J connectivity index is 2.43. The van der Waals surface area contributed by atoms with Crippen LogP contribution in [0.4, 0.5) is 5.69 Å². The van der Waals surface area contributed by atoms with E-state index in [1.54, 1.807) is 22.8 Å². The van der Waals surface area contributed by atoms with Crippen molar-refractivity contribution in [3.8, 4) is 0 Å². The average Bonchev–Trinajstić information content (AvgIpc) is 2.71. The molecule has 6 nitrogen and oxygen atoms in total. The van der Waals surface area contributed by atoms with Crippen LogP contribution < -0.4 is 10.2 Å². The smallest absolute Gasteiger partial charge is 0.253 e. The maximum atomic E-state index is 12.7. The van der Waals surface area contributed by atoms with Gasteiger partial charge in [-0.15, -0.1) is 0 Å². The Morgan fingerprint density at radius 2 is 2.00 bits per heavy atom. The number of rotatable bonds is 3. The van der Waals surface area contributed by atoms with Crippen molar-refractivity contribution in [3.63, 3.8) is 0 Å². The van der Waals surface area contributed by atoms with Crippen LogP contribution in [0.15, 0.2) is 6.20 Å². The van der Waals surface area contributed by atoms with Crippen LogP contribution in [0.2, 0.25) is 0 Å². The molecule has 0 atom stereocenters. The highest BCUT2D eigenvalue weighted by atomic mass is 16.2. The number of hydrogen-bond acceptors (Lipinski definition) is 3. The van der Waals surface area contributed by atoms with Crippen LogP contribution in [0.5, 0.6) is 0 Å². The molecule has 1 saturated heterocycles. The van der Waals surface area contributed by atoms with Gasteiger partial charge in [0.2, 0.25) is 5.91 Å². The van der Waals surface area contributed by atoms with Gasteiger partial charge in [-0.3, -0.25) is 19.2 Å². The van der Waals surface area contributed by atoms with E-state index in [1.165, 1.54) is 0 Å². The van der Waals surface area contributed by atoms with Gasteiger partial charge in [-0.1, -0.05) is 13.8 Å². The molecule has 1 fully saturated rings. The Kier molecular flexibility index (Phi) is 3.34. The van der Waals surface area contributed by atoms with Crippen LogP contribution in [0.1, 0.15) is 32.4 Å². The molecule has 1 aliphatic rings. The van der Waals surface area contributed by atoms with E-state index >= 15 is 0 Å². The van der Waals surface area contributed by atoms with E-state index in [-0.39, 0.29) is 18.4 Å². The second-order valence-electron chi connectivity index (χ2n) is 5.00. The lowest BCUT2D eigenvalue weighted by molar-refractivity contribution is -0.136. The first-order valence-electron chi connectivity index (χ1n) is 6.56. The van der Waals surface area contributed by atoms with Gasteiger partial charge < -0.3 is 5.32 Å². The van der Waals surface area contributed by atoms with Crippen LogP contribution in [-0.4, -0.2) is 33.7 Å². The summed E-state index contributed by atoms with van der Waals surface area (Å²) in [7, 11) is 1.80. The van der Waals surface area contributed by atoms with Gasteiger partial charge in [-0.25, -0.2) is 0 Å². The summed E-state index contributed by atoms with van der Waals surface area (Å²) in [5.74, 6) is -0.167. The van der Waals surface area contributed by atoms with Crippen molar-refractivity contribution in [2.45, 2.75) is 39.2 Å². The van der Waals surface area contributed by atoms with E-state index in [0.717, 1.165) is 5.69 Å². The van der Waals surface area contributed by atoms with Gasteiger partial charge in [0.1, 0.15) is 12.1 Å². The Morgan fingerprint density at radius 3 is 2.47 bits per heavy atom. The molecule has 0 unspecified atom stereocenters. The third-order valence-electron chi connectivity index (χ3n) is 3.82. The molecule has 2 heterocycles. The zero-order valence-corrected chi connectivity index (χ0v) is 11.9. The summed E-state index contributed by atoms with van der Waals surface area (Å²) < 4.78 is 1.66. The van der Waals surface area contributed by atoms with Crippen LogP contribution in [-0.2, 0) is 16.6 Å². The summed E-state index contributed by atoms with van der Waals surface area (Å²) in [6.45, 7) is 5.74. The first-order valence-corrected chi connectivity index (χ1v) is 6.56. The molecule has 19 heavy (non-hydrogen) atoms. The maximum absolute atomic E-state index is 12.7. The van der Waals surface area contributed by atoms with Gasteiger partial charge in [0, 0.05) is 13.2 Å². The second-order valence-corrected chi connectivity index (χ2v) is 5.00. The Hall–Kier alpha value is -1.85. The summed E-state index contributed by atoms with van der Waals surface area (Å²) in [4.78, 5) is 26.2. The van der Waals surface area contributed by atoms with Crippen molar-refractivity contribution in [1.29, 1.82) is 0 Å². The third kappa shape index (κ3) is 2.11. The number of carbonyl (C=O) groups excluding carboxylic acids is 2.